The van der Waals surface area contributed by atoms with Gasteiger partial charge in [-0.2, -0.15) is 0 Å². The first-order chi connectivity index (χ1) is 12.8. The van der Waals surface area contributed by atoms with Crippen LogP contribution in [0.25, 0.3) is 11.5 Å². The van der Waals surface area contributed by atoms with Crippen LogP contribution in [0.1, 0.15) is 30.6 Å². The van der Waals surface area contributed by atoms with Gasteiger partial charge in [-0.3, -0.25) is 14.4 Å². The van der Waals surface area contributed by atoms with E-state index in [1.807, 2.05) is 13.8 Å². The molecule has 0 fully saturated rings. The Kier molecular flexibility index (Phi) is 6.53. The van der Waals surface area contributed by atoms with Crippen molar-refractivity contribution in [2.45, 2.75) is 26.3 Å². The molecule has 2 amide bonds. The normalized spacial score (nSPS) is 11.8. The smallest absolute Gasteiger partial charge is 0.326 e. The minimum atomic E-state index is -1.15. The molecule has 0 aliphatic heterocycles. The second kappa shape index (κ2) is 8.84. The van der Waals surface area contributed by atoms with Gasteiger partial charge in [0.2, 0.25) is 5.91 Å². The second-order valence-corrected chi connectivity index (χ2v) is 6.36. The van der Waals surface area contributed by atoms with Crippen molar-refractivity contribution in [2.24, 2.45) is 5.92 Å². The Labute approximate surface area is 154 Å². The zero-order chi connectivity index (χ0) is 20.0. The van der Waals surface area contributed by atoms with Gasteiger partial charge in [0, 0.05) is 0 Å². The molecular formula is C18H21N3O6. The van der Waals surface area contributed by atoms with Gasteiger partial charge < -0.3 is 25.1 Å². The lowest BCUT2D eigenvalue weighted by atomic mass is 10.0. The van der Waals surface area contributed by atoms with Gasteiger partial charge in [-0.15, -0.1) is 0 Å². The van der Waals surface area contributed by atoms with Gasteiger partial charge in [0.25, 0.3) is 11.5 Å². The van der Waals surface area contributed by atoms with Crippen molar-refractivity contribution < 1.29 is 23.9 Å². The summed E-state index contributed by atoms with van der Waals surface area (Å²) in [7, 11) is 0. The Morgan fingerprint density at radius 1 is 1.22 bits per heavy atom. The maximum Gasteiger partial charge on any atom is 0.326 e. The molecule has 27 heavy (non-hydrogen) atoms. The number of hydrogen-bond acceptors (Lipinski definition) is 5. The summed E-state index contributed by atoms with van der Waals surface area (Å²) in [6.45, 7) is 3.23. The number of pyridine rings is 1. The number of carbonyl (C=O) groups is 3. The van der Waals surface area contributed by atoms with E-state index in [1.54, 1.807) is 12.1 Å². The third-order valence-corrected chi connectivity index (χ3v) is 3.69. The van der Waals surface area contributed by atoms with Gasteiger partial charge in [-0.1, -0.05) is 13.8 Å². The highest BCUT2D eigenvalue weighted by atomic mass is 16.4. The molecule has 144 valence electrons. The van der Waals surface area contributed by atoms with Crippen molar-refractivity contribution in [2.75, 3.05) is 6.54 Å². The molecule has 9 heteroatoms. The molecule has 0 unspecified atom stereocenters. The number of aliphatic carboxylic acids is 1. The van der Waals surface area contributed by atoms with E-state index in [2.05, 4.69) is 15.6 Å². The Balaban J connectivity index is 1.96. The van der Waals surface area contributed by atoms with Crippen LogP contribution in [-0.2, 0) is 9.59 Å². The average molecular weight is 375 g/mol. The Hall–Kier alpha value is -3.36. The molecule has 2 aromatic heterocycles. The van der Waals surface area contributed by atoms with Crippen LogP contribution in [0.4, 0.5) is 0 Å². The molecule has 0 spiro atoms. The lowest BCUT2D eigenvalue weighted by molar-refractivity contribution is -0.142. The summed E-state index contributed by atoms with van der Waals surface area (Å²) in [6.07, 6.45) is 1.72. The monoisotopic (exact) mass is 375 g/mol. The molecule has 0 aromatic carbocycles. The van der Waals surface area contributed by atoms with E-state index in [-0.39, 0.29) is 17.9 Å². The van der Waals surface area contributed by atoms with Crippen LogP contribution in [0.3, 0.4) is 0 Å². The Bertz CT molecular complexity index is 869. The predicted octanol–water partition coefficient (Wildman–Crippen LogP) is 0.980. The maximum atomic E-state index is 12.1. The summed E-state index contributed by atoms with van der Waals surface area (Å²) in [6, 6.07) is 5.12. The van der Waals surface area contributed by atoms with Crippen molar-refractivity contribution in [3.63, 3.8) is 0 Å². The highest BCUT2D eigenvalue weighted by molar-refractivity contribution is 5.96. The molecule has 0 aliphatic rings. The van der Waals surface area contributed by atoms with Crippen LogP contribution in [0.15, 0.2) is 39.7 Å². The first kappa shape index (κ1) is 20.0. The summed E-state index contributed by atoms with van der Waals surface area (Å²) in [5, 5.41) is 13.8. The van der Waals surface area contributed by atoms with Crippen LogP contribution in [0, 0.1) is 5.92 Å². The van der Waals surface area contributed by atoms with Gasteiger partial charge in [-0.25, -0.2) is 4.79 Å². The summed E-state index contributed by atoms with van der Waals surface area (Å²) < 4.78 is 5.17. The van der Waals surface area contributed by atoms with E-state index in [9.17, 15) is 19.2 Å². The number of carboxylic acid groups (broad SMARTS) is 1. The van der Waals surface area contributed by atoms with E-state index in [0.717, 1.165) is 0 Å². The van der Waals surface area contributed by atoms with Crippen molar-refractivity contribution in [3.8, 4) is 11.5 Å². The lowest BCUT2D eigenvalue weighted by Gasteiger charge is -2.16. The Morgan fingerprint density at radius 3 is 2.52 bits per heavy atom. The maximum absolute atomic E-state index is 12.1. The molecule has 0 saturated carbocycles. The topological polar surface area (TPSA) is 141 Å². The number of amides is 2. The van der Waals surface area contributed by atoms with Crippen LogP contribution in [-0.4, -0.2) is 40.5 Å². The summed E-state index contributed by atoms with van der Waals surface area (Å²) >= 11 is 0. The van der Waals surface area contributed by atoms with Gasteiger partial charge in [-0.05, 0) is 36.6 Å². The average Bonchev–Trinajstić information content (AvgIpc) is 3.13. The number of nitrogens with one attached hydrogen (secondary N) is 3. The highest BCUT2D eigenvalue weighted by Crippen LogP contribution is 2.15. The largest absolute Gasteiger partial charge is 0.480 e. The molecule has 2 heterocycles. The Morgan fingerprint density at radius 2 is 1.96 bits per heavy atom. The zero-order valence-electron chi connectivity index (χ0n) is 14.9. The fourth-order valence-corrected chi connectivity index (χ4v) is 2.42. The first-order valence-electron chi connectivity index (χ1n) is 8.35. The number of furan rings is 1. The van der Waals surface area contributed by atoms with Gasteiger partial charge in [0.1, 0.15) is 17.4 Å². The molecule has 4 N–H and O–H groups in total. The third-order valence-electron chi connectivity index (χ3n) is 3.69. The van der Waals surface area contributed by atoms with Gasteiger partial charge in [0.05, 0.1) is 18.5 Å². The summed E-state index contributed by atoms with van der Waals surface area (Å²) in [5.74, 6) is -2.02. The van der Waals surface area contributed by atoms with Gasteiger partial charge >= 0.3 is 5.97 Å². The van der Waals surface area contributed by atoms with Crippen LogP contribution in [0.2, 0.25) is 0 Å². The number of aromatic nitrogens is 1. The number of hydrogen-bond donors (Lipinski definition) is 4. The van der Waals surface area contributed by atoms with E-state index in [0.29, 0.717) is 11.5 Å². The van der Waals surface area contributed by atoms with Crippen LogP contribution >= 0.6 is 0 Å². The fourth-order valence-electron chi connectivity index (χ4n) is 2.42. The quantitative estimate of drug-likeness (QED) is 0.542. The SMILES string of the molecule is CC(C)C[C@H](NC(=O)CNC(=O)c1ccc(-c2ccco2)[nH]c1=O)C(=O)O. The number of rotatable bonds is 8. The molecule has 0 bridgehead atoms. The van der Waals surface area contributed by atoms with E-state index >= 15 is 0 Å². The zero-order valence-corrected chi connectivity index (χ0v) is 14.9. The van der Waals surface area contributed by atoms with Crippen LogP contribution in [0.5, 0.6) is 0 Å². The van der Waals surface area contributed by atoms with Crippen molar-refractivity contribution in [1.29, 1.82) is 0 Å². The molecular weight excluding hydrogens is 354 g/mol. The predicted molar refractivity (Wildman–Crippen MR) is 96.1 cm³/mol. The van der Waals surface area contributed by atoms with E-state index in [1.165, 1.54) is 18.4 Å². The van der Waals surface area contributed by atoms with Crippen LogP contribution < -0.4 is 16.2 Å². The van der Waals surface area contributed by atoms with E-state index < -0.39 is 35.9 Å². The fraction of sp³-hybridized carbons (Fsp3) is 0.333. The molecule has 2 rings (SSSR count). The molecule has 1 atom stereocenters. The summed E-state index contributed by atoms with van der Waals surface area (Å²) in [5.41, 5.74) is -0.391. The van der Waals surface area contributed by atoms with Gasteiger partial charge in [0.15, 0.2) is 0 Å². The first-order valence-corrected chi connectivity index (χ1v) is 8.35. The molecule has 9 nitrogen and oxygen atoms in total. The van der Waals surface area contributed by atoms with Crippen molar-refractivity contribution in [1.82, 2.24) is 15.6 Å². The van der Waals surface area contributed by atoms with Crippen molar-refractivity contribution in [3.05, 3.63) is 46.4 Å². The third kappa shape index (κ3) is 5.56. The number of carboxylic acids is 1. The molecule has 0 aliphatic carbocycles. The lowest BCUT2D eigenvalue weighted by Crippen LogP contribution is -2.46. The van der Waals surface area contributed by atoms with Crippen molar-refractivity contribution >= 4 is 17.8 Å². The standard InChI is InChI=1S/C18H21N3O6/c1-10(2)8-13(18(25)26)20-15(22)9-19-16(23)11-5-6-12(21-17(11)24)14-4-3-7-27-14/h3-7,10,13H,8-9H2,1-2H3,(H,19,23)(H,20,22)(H,21,24)(H,25,26)/t13-/m0/s1. The second-order valence-electron chi connectivity index (χ2n) is 6.36. The molecule has 2 aromatic rings. The number of carbonyl (C=O) groups excluding carboxylic acids is 2. The highest BCUT2D eigenvalue weighted by Gasteiger charge is 2.21. The molecule has 0 radical (unpaired) electrons. The number of aromatic amines is 1. The minimum Gasteiger partial charge on any atom is -0.480 e. The molecule has 0 saturated heterocycles. The number of H-pyrrole nitrogens is 1. The van der Waals surface area contributed by atoms with E-state index in [4.69, 9.17) is 9.52 Å². The minimum absolute atomic E-state index is 0.0761. The summed E-state index contributed by atoms with van der Waals surface area (Å²) in [4.78, 5) is 49.7.